The minimum absolute atomic E-state index is 0.0390. The van der Waals surface area contributed by atoms with Gasteiger partial charge in [0.25, 0.3) is 11.8 Å². The van der Waals surface area contributed by atoms with E-state index in [2.05, 4.69) is 6.07 Å². The average Bonchev–Trinajstić information content (AvgIpc) is 3.28. The number of nitrogens with zero attached hydrogens (tertiary/aromatic N) is 2. The van der Waals surface area contributed by atoms with Crippen LogP contribution in [0.2, 0.25) is 0 Å². The number of hydrogen-bond acceptors (Lipinski definition) is 4. The zero-order valence-corrected chi connectivity index (χ0v) is 18.2. The Bertz CT molecular complexity index is 1150. The number of aromatic hydroxyl groups is 2. The lowest BCUT2D eigenvalue weighted by Gasteiger charge is -2.26. The highest BCUT2D eigenvalue weighted by Gasteiger charge is 2.32. The van der Waals surface area contributed by atoms with Gasteiger partial charge in [0.1, 0.15) is 11.5 Å². The van der Waals surface area contributed by atoms with E-state index in [1.165, 1.54) is 18.2 Å². The second kappa shape index (κ2) is 8.75. The molecule has 1 unspecified atom stereocenters. The number of benzene rings is 3. The van der Waals surface area contributed by atoms with Crippen molar-refractivity contribution in [2.45, 2.75) is 18.9 Å². The summed E-state index contributed by atoms with van der Waals surface area (Å²) in [5.41, 5.74) is 3.86. The molecule has 1 saturated heterocycles. The molecule has 2 amide bonds. The minimum Gasteiger partial charge on any atom is -0.508 e. The number of rotatable bonds is 4. The first-order chi connectivity index (χ1) is 15.3. The number of hydrogen-bond donors (Lipinski definition) is 2. The van der Waals surface area contributed by atoms with Gasteiger partial charge in [0.05, 0.1) is 11.6 Å². The number of likely N-dealkylation sites (tertiary alicyclic amines) is 1. The molecule has 0 aromatic heterocycles. The van der Waals surface area contributed by atoms with E-state index in [4.69, 9.17) is 0 Å². The number of amides is 2. The van der Waals surface area contributed by atoms with Gasteiger partial charge in [-0.25, -0.2) is 0 Å². The topological polar surface area (TPSA) is 81.1 Å². The van der Waals surface area contributed by atoms with E-state index in [1.807, 2.05) is 42.5 Å². The zero-order chi connectivity index (χ0) is 22.8. The van der Waals surface area contributed by atoms with E-state index in [1.54, 1.807) is 23.9 Å². The van der Waals surface area contributed by atoms with E-state index in [9.17, 15) is 19.8 Å². The quantitative estimate of drug-likeness (QED) is 0.641. The molecule has 2 N–H and O–H groups in total. The second-order valence-corrected chi connectivity index (χ2v) is 8.26. The average molecular weight is 431 g/mol. The normalized spacial score (nSPS) is 15.6. The molecule has 1 heterocycles. The van der Waals surface area contributed by atoms with Gasteiger partial charge in [0, 0.05) is 32.3 Å². The van der Waals surface area contributed by atoms with Crippen molar-refractivity contribution in [3.05, 3.63) is 83.4 Å². The summed E-state index contributed by atoms with van der Waals surface area (Å²) in [6, 6.07) is 19.5. The second-order valence-electron chi connectivity index (χ2n) is 8.26. The molecular formula is C26H26N2O4. The van der Waals surface area contributed by atoms with Crippen molar-refractivity contribution >= 4 is 11.8 Å². The van der Waals surface area contributed by atoms with Crippen molar-refractivity contribution in [1.29, 1.82) is 0 Å². The Kier molecular flexibility index (Phi) is 5.86. The Morgan fingerprint density at radius 2 is 1.69 bits per heavy atom. The molecule has 0 spiro atoms. The van der Waals surface area contributed by atoms with Crippen LogP contribution in [0.4, 0.5) is 0 Å². The minimum atomic E-state index is -0.248. The fourth-order valence-electron chi connectivity index (χ4n) is 4.20. The van der Waals surface area contributed by atoms with Gasteiger partial charge in [0.2, 0.25) is 0 Å². The van der Waals surface area contributed by atoms with Crippen LogP contribution in [0.1, 0.15) is 45.2 Å². The third-order valence-corrected chi connectivity index (χ3v) is 5.87. The van der Waals surface area contributed by atoms with Crippen molar-refractivity contribution in [3.63, 3.8) is 0 Å². The molecule has 0 saturated carbocycles. The van der Waals surface area contributed by atoms with Crippen LogP contribution in [0, 0.1) is 0 Å². The molecule has 1 atom stereocenters. The van der Waals surface area contributed by atoms with Crippen LogP contribution in [-0.2, 0) is 0 Å². The summed E-state index contributed by atoms with van der Waals surface area (Å²) in [5.74, 6) is -0.588. The Hall–Kier alpha value is -3.80. The Morgan fingerprint density at radius 1 is 0.938 bits per heavy atom. The fraction of sp³-hybridized carbons (Fsp3) is 0.231. The van der Waals surface area contributed by atoms with E-state index in [0.717, 1.165) is 29.5 Å². The number of phenolic OH excluding ortho intramolecular Hbond substituents is 2. The maximum atomic E-state index is 13.1. The van der Waals surface area contributed by atoms with E-state index in [-0.39, 0.29) is 34.9 Å². The number of phenols is 2. The summed E-state index contributed by atoms with van der Waals surface area (Å²) in [5, 5.41) is 19.7. The Labute approximate surface area is 187 Å². The molecule has 1 aliphatic heterocycles. The lowest BCUT2D eigenvalue weighted by atomic mass is 9.97. The first-order valence-electron chi connectivity index (χ1n) is 10.6. The van der Waals surface area contributed by atoms with Gasteiger partial charge >= 0.3 is 0 Å². The number of carbonyl (C=O) groups is 2. The standard InChI is InChI=1S/C26H26N2O4/c1-27(2)25(31)18-10-8-17(9-11-18)19-5-3-6-20(15-19)23-7-4-14-28(23)26(32)22-13-12-21(29)16-24(22)30/h3,5-6,8-13,15-16,23,29-30H,4,7,14H2,1-2H3. The molecule has 4 rings (SSSR count). The van der Waals surface area contributed by atoms with Crippen molar-refractivity contribution in [3.8, 4) is 22.6 Å². The molecule has 0 radical (unpaired) electrons. The van der Waals surface area contributed by atoms with Crippen molar-refractivity contribution < 1.29 is 19.8 Å². The molecule has 6 heteroatoms. The van der Waals surface area contributed by atoms with Crippen molar-refractivity contribution in [2.75, 3.05) is 20.6 Å². The molecule has 32 heavy (non-hydrogen) atoms. The van der Waals surface area contributed by atoms with E-state index in [0.29, 0.717) is 12.1 Å². The van der Waals surface area contributed by atoms with Crippen LogP contribution in [0.15, 0.2) is 66.7 Å². The third-order valence-electron chi connectivity index (χ3n) is 5.87. The van der Waals surface area contributed by atoms with Crippen LogP contribution in [0.25, 0.3) is 11.1 Å². The predicted octanol–water partition coefficient (Wildman–Crippen LogP) is 4.44. The highest BCUT2D eigenvalue weighted by Crippen LogP contribution is 2.36. The maximum Gasteiger partial charge on any atom is 0.258 e. The summed E-state index contributed by atoms with van der Waals surface area (Å²) in [7, 11) is 3.46. The van der Waals surface area contributed by atoms with Crippen LogP contribution in [-0.4, -0.2) is 52.5 Å². The zero-order valence-electron chi connectivity index (χ0n) is 18.2. The monoisotopic (exact) mass is 430 g/mol. The fourth-order valence-corrected chi connectivity index (χ4v) is 4.20. The highest BCUT2D eigenvalue weighted by molar-refractivity contribution is 5.97. The molecular weight excluding hydrogens is 404 g/mol. The third kappa shape index (κ3) is 4.17. The lowest BCUT2D eigenvalue weighted by Crippen LogP contribution is -2.30. The molecule has 164 valence electrons. The SMILES string of the molecule is CN(C)C(=O)c1ccc(-c2cccc(C3CCCN3C(=O)c3ccc(O)cc3O)c2)cc1. The molecule has 1 fully saturated rings. The van der Waals surface area contributed by atoms with Crippen LogP contribution in [0.3, 0.4) is 0 Å². The van der Waals surface area contributed by atoms with Gasteiger partial charge in [-0.3, -0.25) is 9.59 Å². The molecule has 0 aliphatic carbocycles. The van der Waals surface area contributed by atoms with Crippen LogP contribution < -0.4 is 0 Å². The Balaban J connectivity index is 1.59. The summed E-state index contributed by atoms with van der Waals surface area (Å²) < 4.78 is 0. The van der Waals surface area contributed by atoms with Gasteiger partial charge in [-0.2, -0.15) is 0 Å². The van der Waals surface area contributed by atoms with Crippen LogP contribution in [0.5, 0.6) is 11.5 Å². The van der Waals surface area contributed by atoms with E-state index < -0.39 is 0 Å². The van der Waals surface area contributed by atoms with E-state index >= 15 is 0 Å². The first-order valence-corrected chi connectivity index (χ1v) is 10.6. The molecule has 1 aliphatic rings. The van der Waals surface area contributed by atoms with Crippen LogP contribution >= 0.6 is 0 Å². The van der Waals surface area contributed by atoms with Gasteiger partial charge in [-0.15, -0.1) is 0 Å². The summed E-state index contributed by atoms with van der Waals surface area (Å²) in [6.07, 6.45) is 1.71. The summed E-state index contributed by atoms with van der Waals surface area (Å²) in [6.45, 7) is 0.607. The molecule has 3 aromatic rings. The van der Waals surface area contributed by atoms with Crippen molar-refractivity contribution in [1.82, 2.24) is 9.80 Å². The van der Waals surface area contributed by atoms with Gasteiger partial charge < -0.3 is 20.0 Å². The molecule has 3 aromatic carbocycles. The largest absolute Gasteiger partial charge is 0.508 e. The first kappa shape index (κ1) is 21.4. The van der Waals surface area contributed by atoms with Crippen molar-refractivity contribution in [2.24, 2.45) is 0 Å². The smallest absolute Gasteiger partial charge is 0.258 e. The summed E-state index contributed by atoms with van der Waals surface area (Å²) in [4.78, 5) is 28.6. The Morgan fingerprint density at radius 3 is 2.38 bits per heavy atom. The molecule has 6 nitrogen and oxygen atoms in total. The van der Waals surface area contributed by atoms with Gasteiger partial charge in [-0.1, -0.05) is 30.3 Å². The highest BCUT2D eigenvalue weighted by atomic mass is 16.3. The van der Waals surface area contributed by atoms with Gasteiger partial charge in [-0.05, 0) is 59.9 Å². The summed E-state index contributed by atoms with van der Waals surface area (Å²) >= 11 is 0. The maximum absolute atomic E-state index is 13.1. The van der Waals surface area contributed by atoms with Gasteiger partial charge in [0.15, 0.2) is 0 Å². The number of carbonyl (C=O) groups excluding carboxylic acids is 2. The molecule has 0 bridgehead atoms. The predicted molar refractivity (Wildman–Crippen MR) is 123 cm³/mol. The lowest BCUT2D eigenvalue weighted by molar-refractivity contribution is 0.0732.